The Morgan fingerprint density at radius 1 is 1.00 bits per heavy atom. The first kappa shape index (κ1) is 13.5. The summed E-state index contributed by atoms with van der Waals surface area (Å²) in [5, 5.41) is 9.23. The summed E-state index contributed by atoms with van der Waals surface area (Å²) in [4.78, 5) is 8.00. The highest BCUT2D eigenvalue weighted by atomic mass is 16.5. The van der Waals surface area contributed by atoms with Gasteiger partial charge in [0.25, 0.3) is 0 Å². The van der Waals surface area contributed by atoms with E-state index in [2.05, 4.69) is 0 Å². The third kappa shape index (κ3) is 4.53. The Hall–Kier alpha value is -2.55. The molecule has 0 aliphatic heterocycles. The van der Waals surface area contributed by atoms with Crippen LogP contribution < -0.4 is 4.74 Å². The van der Waals surface area contributed by atoms with Gasteiger partial charge in [0.05, 0.1) is 6.26 Å². The zero-order valence-electron chi connectivity index (χ0n) is 9.82. The van der Waals surface area contributed by atoms with Crippen molar-refractivity contribution in [2.75, 3.05) is 0 Å². The third-order valence-corrected chi connectivity index (χ3v) is 2.08. The number of aromatic hydroxyl groups is 1. The van der Waals surface area contributed by atoms with Gasteiger partial charge in [-0.1, -0.05) is 36.4 Å². The van der Waals surface area contributed by atoms with Gasteiger partial charge in [-0.15, -0.1) is 0 Å². The molecule has 3 heteroatoms. The number of phenolic OH excluding ortho intramolecular Hbond substituents is 1. The van der Waals surface area contributed by atoms with Gasteiger partial charge in [0.15, 0.2) is 0 Å². The largest absolute Gasteiger partial charge is 0.508 e. The summed E-state index contributed by atoms with van der Waals surface area (Å²) in [7, 11) is 0. The number of hydrogen-bond donors (Lipinski definition) is 1. The van der Waals surface area contributed by atoms with Gasteiger partial charge in [-0.3, -0.25) is 0 Å². The molecule has 0 saturated carbocycles. The number of carbonyl (C=O) groups excluding carboxylic acids is 1. The number of hydrogen-bond acceptors (Lipinski definition) is 3. The lowest BCUT2D eigenvalue weighted by Gasteiger charge is -1.99. The second kappa shape index (κ2) is 7.68. The van der Waals surface area contributed by atoms with Crippen molar-refractivity contribution in [3.8, 4) is 11.5 Å². The first-order valence-corrected chi connectivity index (χ1v) is 5.31. The molecule has 1 N–H and O–H groups in total. The minimum atomic E-state index is 0.200. The Labute approximate surface area is 106 Å². The minimum absolute atomic E-state index is 0.200. The molecular weight excluding hydrogens is 228 g/mol. The molecule has 0 aromatic heterocycles. The molecular formula is C15H14O3. The maximum absolute atomic E-state index is 9.23. The van der Waals surface area contributed by atoms with E-state index in [1.807, 2.05) is 43.2 Å². The normalized spacial score (nSPS) is 9.56. The summed E-state index contributed by atoms with van der Waals surface area (Å²) in [6.45, 7) is 2.00. The maximum Gasteiger partial charge on any atom is 0.130 e. The average Bonchev–Trinajstić information content (AvgIpc) is 2.42. The summed E-state index contributed by atoms with van der Waals surface area (Å²) < 4.78 is 5.35. The van der Waals surface area contributed by atoms with Crippen LogP contribution in [0.2, 0.25) is 0 Å². The fourth-order valence-electron chi connectivity index (χ4n) is 1.31. The van der Waals surface area contributed by atoms with Crippen molar-refractivity contribution in [1.29, 1.82) is 0 Å². The maximum atomic E-state index is 9.23. The van der Waals surface area contributed by atoms with E-state index in [1.165, 1.54) is 0 Å². The summed E-state index contributed by atoms with van der Waals surface area (Å²) in [5.74, 6) is 0.817. The average molecular weight is 242 g/mol. The quantitative estimate of drug-likeness (QED) is 0.840. The smallest absolute Gasteiger partial charge is 0.130 e. The summed E-state index contributed by atoms with van der Waals surface area (Å²) in [6, 6.07) is 16.6. The van der Waals surface area contributed by atoms with Crippen LogP contribution in [0.1, 0.15) is 5.56 Å². The molecule has 0 aliphatic carbocycles. The molecule has 0 amide bonds. The number of benzene rings is 2. The van der Waals surface area contributed by atoms with Gasteiger partial charge < -0.3 is 14.6 Å². The molecule has 0 heterocycles. The lowest BCUT2D eigenvalue weighted by Crippen LogP contribution is -1.81. The second-order valence-electron chi connectivity index (χ2n) is 3.33. The zero-order chi connectivity index (χ0) is 13.2. The molecule has 0 radical (unpaired) electrons. The van der Waals surface area contributed by atoms with Gasteiger partial charge in [-0.05, 0) is 23.8 Å². The molecule has 0 spiro atoms. The van der Waals surface area contributed by atoms with Gasteiger partial charge >= 0.3 is 0 Å². The Morgan fingerprint density at radius 3 is 2.39 bits per heavy atom. The van der Waals surface area contributed by atoms with Crippen LogP contribution in [0.25, 0.3) is 6.08 Å². The number of phenols is 1. The van der Waals surface area contributed by atoms with Crippen LogP contribution in [-0.2, 0) is 4.79 Å². The monoisotopic (exact) mass is 242 g/mol. The van der Waals surface area contributed by atoms with E-state index >= 15 is 0 Å². The first-order valence-electron chi connectivity index (χ1n) is 5.31. The van der Waals surface area contributed by atoms with Crippen LogP contribution in [0.15, 0.2) is 60.9 Å². The highest BCUT2D eigenvalue weighted by molar-refractivity contribution is 5.48. The first-order chi connectivity index (χ1) is 8.84. The van der Waals surface area contributed by atoms with E-state index in [-0.39, 0.29) is 5.75 Å². The molecule has 18 heavy (non-hydrogen) atoms. The summed E-state index contributed by atoms with van der Waals surface area (Å²) in [5.41, 5.74) is 1.07. The summed E-state index contributed by atoms with van der Waals surface area (Å²) >= 11 is 0. The van der Waals surface area contributed by atoms with Gasteiger partial charge in [0, 0.05) is 6.07 Å². The van der Waals surface area contributed by atoms with Crippen molar-refractivity contribution in [2.45, 2.75) is 0 Å². The van der Waals surface area contributed by atoms with Gasteiger partial charge in [0.2, 0.25) is 0 Å². The fraction of sp³-hybridized carbons (Fsp3) is 0. The molecule has 92 valence electrons. The molecule has 2 aromatic carbocycles. The van der Waals surface area contributed by atoms with Crippen LogP contribution in [0.5, 0.6) is 11.5 Å². The van der Waals surface area contributed by atoms with Crippen molar-refractivity contribution in [1.82, 2.24) is 0 Å². The molecule has 0 fully saturated rings. The molecule has 0 saturated heterocycles. The molecule has 2 aromatic rings. The van der Waals surface area contributed by atoms with Crippen molar-refractivity contribution in [2.24, 2.45) is 0 Å². The lowest BCUT2D eigenvalue weighted by molar-refractivity contribution is -0.0979. The van der Waals surface area contributed by atoms with E-state index < -0.39 is 0 Å². The Morgan fingerprint density at radius 2 is 1.72 bits per heavy atom. The Balaban J connectivity index is 0.000000771. The third-order valence-electron chi connectivity index (χ3n) is 2.08. The molecule has 0 bridgehead atoms. The lowest BCUT2D eigenvalue weighted by atomic mass is 10.2. The van der Waals surface area contributed by atoms with Crippen molar-refractivity contribution < 1.29 is 14.6 Å². The Bertz CT molecular complexity index is 492. The molecule has 2 rings (SSSR count). The van der Waals surface area contributed by atoms with Crippen molar-refractivity contribution >= 4 is 12.9 Å². The Kier molecular flexibility index (Phi) is 5.77. The molecule has 0 atom stereocenters. The van der Waals surface area contributed by atoms with Crippen LogP contribution >= 0.6 is 0 Å². The van der Waals surface area contributed by atoms with Crippen LogP contribution in [0, 0.1) is 0 Å². The van der Waals surface area contributed by atoms with Crippen molar-refractivity contribution in [3.63, 3.8) is 0 Å². The van der Waals surface area contributed by atoms with E-state index in [4.69, 9.17) is 9.53 Å². The van der Waals surface area contributed by atoms with E-state index in [9.17, 15) is 5.11 Å². The van der Waals surface area contributed by atoms with Gasteiger partial charge in [-0.25, -0.2) is 0 Å². The highest BCUT2D eigenvalue weighted by Crippen LogP contribution is 2.18. The number of rotatable bonds is 3. The predicted molar refractivity (Wildman–Crippen MR) is 71.3 cm³/mol. The SMILES string of the molecule is C=O.Oc1cccc(OC=Cc2ccccc2)c1. The van der Waals surface area contributed by atoms with E-state index in [0.717, 1.165) is 5.56 Å². The minimum Gasteiger partial charge on any atom is -0.508 e. The fourth-order valence-corrected chi connectivity index (χ4v) is 1.31. The standard InChI is InChI=1S/C14H12O2.CH2O/c15-13-7-4-8-14(11-13)16-10-9-12-5-2-1-3-6-12;1-2/h1-11,15H;1H2. The topological polar surface area (TPSA) is 46.5 Å². The second-order valence-corrected chi connectivity index (χ2v) is 3.33. The van der Waals surface area contributed by atoms with Crippen LogP contribution in [-0.4, -0.2) is 11.9 Å². The van der Waals surface area contributed by atoms with Gasteiger partial charge in [-0.2, -0.15) is 0 Å². The molecule has 0 aliphatic rings. The van der Waals surface area contributed by atoms with E-state index in [1.54, 1.807) is 30.5 Å². The highest BCUT2D eigenvalue weighted by Gasteiger charge is 1.91. The summed E-state index contributed by atoms with van der Waals surface area (Å²) in [6.07, 6.45) is 3.47. The number of carbonyl (C=O) groups is 1. The van der Waals surface area contributed by atoms with Crippen LogP contribution in [0.3, 0.4) is 0 Å². The molecule has 0 unspecified atom stereocenters. The van der Waals surface area contributed by atoms with Crippen LogP contribution in [0.4, 0.5) is 0 Å². The zero-order valence-corrected chi connectivity index (χ0v) is 9.82. The molecule has 3 nitrogen and oxygen atoms in total. The number of ether oxygens (including phenoxy) is 1. The van der Waals surface area contributed by atoms with Crippen molar-refractivity contribution in [3.05, 3.63) is 66.4 Å². The van der Waals surface area contributed by atoms with Gasteiger partial charge in [0.1, 0.15) is 18.3 Å². The van der Waals surface area contributed by atoms with E-state index in [0.29, 0.717) is 5.75 Å². The predicted octanol–water partition coefficient (Wildman–Crippen LogP) is 3.26.